The number of amides is 1. The Bertz CT molecular complexity index is 554. The van der Waals surface area contributed by atoms with Gasteiger partial charge in [-0.15, -0.1) is 0 Å². The maximum absolute atomic E-state index is 12.6. The van der Waals surface area contributed by atoms with Crippen LogP contribution in [-0.2, 0) is 4.79 Å². The average molecular weight is 301 g/mol. The summed E-state index contributed by atoms with van der Waals surface area (Å²) in [5.41, 5.74) is 2.24. The Kier molecular flexibility index (Phi) is 4.42. The van der Waals surface area contributed by atoms with Gasteiger partial charge in [0.2, 0.25) is 0 Å². The van der Waals surface area contributed by atoms with Gasteiger partial charge in [-0.1, -0.05) is 25.5 Å². The summed E-state index contributed by atoms with van der Waals surface area (Å²) < 4.78 is 6.02. The third kappa shape index (κ3) is 3.13. The van der Waals surface area contributed by atoms with E-state index in [1.165, 1.54) is 19.3 Å². The zero-order valence-electron chi connectivity index (χ0n) is 13.9. The van der Waals surface area contributed by atoms with E-state index in [0.29, 0.717) is 18.4 Å². The number of aryl methyl sites for hydroxylation is 2. The molecular formula is C19H27NO2. The monoisotopic (exact) mass is 301 g/mol. The predicted molar refractivity (Wildman–Crippen MR) is 88.0 cm³/mol. The fourth-order valence-electron chi connectivity index (χ4n) is 4.01. The van der Waals surface area contributed by atoms with E-state index in [1.807, 2.05) is 32.9 Å². The van der Waals surface area contributed by atoms with E-state index in [-0.39, 0.29) is 12.0 Å². The maximum atomic E-state index is 12.6. The second kappa shape index (κ2) is 6.31. The van der Waals surface area contributed by atoms with Gasteiger partial charge in [-0.05, 0) is 68.6 Å². The summed E-state index contributed by atoms with van der Waals surface area (Å²) in [6, 6.07) is 6.51. The van der Waals surface area contributed by atoms with Crippen LogP contribution in [0.5, 0.6) is 5.75 Å². The second-order valence-electron chi connectivity index (χ2n) is 7.07. The third-order valence-corrected chi connectivity index (χ3v) is 5.34. The Labute approximate surface area is 133 Å². The Balaban J connectivity index is 1.63. The molecule has 0 radical (unpaired) electrons. The number of carbonyl (C=O) groups is 1. The predicted octanol–water partition coefficient (Wildman–Crippen LogP) is 3.77. The van der Waals surface area contributed by atoms with Gasteiger partial charge >= 0.3 is 0 Å². The molecule has 3 nitrogen and oxygen atoms in total. The van der Waals surface area contributed by atoms with Crippen molar-refractivity contribution in [1.29, 1.82) is 0 Å². The van der Waals surface area contributed by atoms with E-state index >= 15 is 0 Å². The van der Waals surface area contributed by atoms with Gasteiger partial charge in [-0.25, -0.2) is 0 Å². The summed E-state index contributed by atoms with van der Waals surface area (Å²) >= 11 is 0. The Morgan fingerprint density at radius 1 is 1.32 bits per heavy atom. The molecule has 1 aromatic rings. The molecule has 1 amide bonds. The first-order chi connectivity index (χ1) is 10.6. The number of hydrogen-bond donors (Lipinski definition) is 1. The molecule has 2 fully saturated rings. The number of hydrogen-bond acceptors (Lipinski definition) is 2. The van der Waals surface area contributed by atoms with Crippen molar-refractivity contribution in [3.05, 3.63) is 29.3 Å². The zero-order chi connectivity index (χ0) is 15.7. The van der Waals surface area contributed by atoms with Crippen LogP contribution in [0, 0.1) is 25.7 Å². The Morgan fingerprint density at radius 3 is 2.77 bits per heavy atom. The molecule has 2 bridgehead atoms. The van der Waals surface area contributed by atoms with Crippen LogP contribution in [0.3, 0.4) is 0 Å². The van der Waals surface area contributed by atoms with Crippen molar-refractivity contribution in [3.63, 3.8) is 0 Å². The molecule has 0 aromatic heterocycles. The van der Waals surface area contributed by atoms with Gasteiger partial charge in [-0.3, -0.25) is 4.79 Å². The van der Waals surface area contributed by atoms with Gasteiger partial charge in [0.25, 0.3) is 5.91 Å². The van der Waals surface area contributed by atoms with Gasteiger partial charge in [0.15, 0.2) is 6.10 Å². The number of fused-ring (bicyclic) bond motifs is 2. The zero-order valence-corrected chi connectivity index (χ0v) is 13.9. The minimum Gasteiger partial charge on any atom is -0.480 e. The largest absolute Gasteiger partial charge is 0.480 e. The number of ether oxygens (including phenoxy) is 1. The van der Waals surface area contributed by atoms with Crippen molar-refractivity contribution in [3.8, 4) is 5.75 Å². The molecule has 0 spiro atoms. The molecule has 2 aliphatic rings. The third-order valence-electron chi connectivity index (χ3n) is 5.34. The summed E-state index contributed by atoms with van der Waals surface area (Å²) in [5, 5.41) is 3.25. The summed E-state index contributed by atoms with van der Waals surface area (Å²) in [4.78, 5) is 12.6. The molecule has 0 unspecified atom stereocenters. The SMILES string of the molecule is CC[C@@H](Oc1cc(C)ccc1C)C(=O)N[C@H]1C[C@@H]2CC[C@@H]1C2. The molecule has 0 saturated heterocycles. The number of carbonyl (C=O) groups excluding carboxylic acids is 1. The average Bonchev–Trinajstić information content (AvgIpc) is 3.10. The number of nitrogens with one attached hydrogen (secondary N) is 1. The highest BCUT2D eigenvalue weighted by atomic mass is 16.5. The number of rotatable bonds is 5. The fourth-order valence-corrected chi connectivity index (χ4v) is 4.01. The fraction of sp³-hybridized carbons (Fsp3) is 0.632. The van der Waals surface area contributed by atoms with Crippen molar-refractivity contribution in [2.24, 2.45) is 11.8 Å². The van der Waals surface area contributed by atoms with Crippen molar-refractivity contribution < 1.29 is 9.53 Å². The van der Waals surface area contributed by atoms with Crippen molar-refractivity contribution in [2.45, 2.75) is 65.0 Å². The smallest absolute Gasteiger partial charge is 0.261 e. The molecule has 1 aromatic carbocycles. The van der Waals surface area contributed by atoms with Crippen LogP contribution >= 0.6 is 0 Å². The van der Waals surface area contributed by atoms with E-state index in [2.05, 4.69) is 11.4 Å². The molecule has 2 saturated carbocycles. The first-order valence-corrected chi connectivity index (χ1v) is 8.61. The van der Waals surface area contributed by atoms with Gasteiger partial charge in [0, 0.05) is 6.04 Å². The lowest BCUT2D eigenvalue weighted by Gasteiger charge is -2.26. The highest BCUT2D eigenvalue weighted by Crippen LogP contribution is 2.44. The molecule has 2 aliphatic carbocycles. The van der Waals surface area contributed by atoms with Gasteiger partial charge in [0.05, 0.1) is 0 Å². The molecule has 120 valence electrons. The summed E-state index contributed by atoms with van der Waals surface area (Å²) in [7, 11) is 0. The van der Waals surface area contributed by atoms with Gasteiger partial charge < -0.3 is 10.1 Å². The topological polar surface area (TPSA) is 38.3 Å². The molecule has 22 heavy (non-hydrogen) atoms. The summed E-state index contributed by atoms with van der Waals surface area (Å²) in [6.45, 7) is 6.08. The van der Waals surface area contributed by atoms with E-state index in [0.717, 1.165) is 29.2 Å². The van der Waals surface area contributed by atoms with Crippen LogP contribution in [-0.4, -0.2) is 18.1 Å². The lowest BCUT2D eigenvalue weighted by Crippen LogP contribution is -2.45. The quantitative estimate of drug-likeness (QED) is 0.899. The summed E-state index contributed by atoms with van der Waals surface area (Å²) in [5.74, 6) is 2.43. The lowest BCUT2D eigenvalue weighted by molar-refractivity contribution is -0.129. The molecule has 0 aliphatic heterocycles. The van der Waals surface area contributed by atoms with Gasteiger partial charge in [0.1, 0.15) is 5.75 Å². The Morgan fingerprint density at radius 2 is 2.14 bits per heavy atom. The van der Waals surface area contributed by atoms with Crippen molar-refractivity contribution >= 4 is 5.91 Å². The van der Waals surface area contributed by atoms with Crippen LogP contribution < -0.4 is 10.1 Å². The highest BCUT2D eigenvalue weighted by molar-refractivity contribution is 5.81. The van der Waals surface area contributed by atoms with Crippen LogP contribution in [0.2, 0.25) is 0 Å². The Hall–Kier alpha value is -1.51. The van der Waals surface area contributed by atoms with E-state index in [4.69, 9.17) is 4.74 Å². The standard InChI is InChI=1S/C19H27NO2/c1-4-17(22-18-9-12(2)5-6-13(18)3)19(21)20-16-11-14-7-8-15(16)10-14/h5-6,9,14-17H,4,7-8,10-11H2,1-3H3,(H,20,21)/t14-,15-,16+,17-/m1/s1. The minimum absolute atomic E-state index is 0.0564. The maximum Gasteiger partial charge on any atom is 0.261 e. The van der Waals surface area contributed by atoms with Crippen LogP contribution in [0.15, 0.2) is 18.2 Å². The molecule has 0 heterocycles. The van der Waals surface area contributed by atoms with E-state index < -0.39 is 0 Å². The molecule has 4 atom stereocenters. The normalized spacial score (nSPS) is 27.7. The molecule has 3 rings (SSSR count). The van der Waals surface area contributed by atoms with Crippen molar-refractivity contribution in [2.75, 3.05) is 0 Å². The molecule has 3 heteroatoms. The van der Waals surface area contributed by atoms with E-state index in [1.54, 1.807) is 0 Å². The highest BCUT2D eigenvalue weighted by Gasteiger charge is 2.40. The first-order valence-electron chi connectivity index (χ1n) is 8.61. The number of benzene rings is 1. The molecular weight excluding hydrogens is 274 g/mol. The molecule has 1 N–H and O–H groups in total. The van der Waals surface area contributed by atoms with Crippen molar-refractivity contribution in [1.82, 2.24) is 5.32 Å². The lowest BCUT2D eigenvalue weighted by atomic mass is 9.95. The van der Waals surface area contributed by atoms with Gasteiger partial charge in [-0.2, -0.15) is 0 Å². The van der Waals surface area contributed by atoms with E-state index in [9.17, 15) is 4.79 Å². The summed E-state index contributed by atoms with van der Waals surface area (Å²) in [6.07, 6.45) is 5.41. The first kappa shape index (κ1) is 15.4. The van der Waals surface area contributed by atoms with Crippen LogP contribution in [0.25, 0.3) is 0 Å². The van der Waals surface area contributed by atoms with Crippen LogP contribution in [0.1, 0.15) is 50.2 Å². The van der Waals surface area contributed by atoms with Crippen LogP contribution in [0.4, 0.5) is 0 Å². The minimum atomic E-state index is -0.389. The second-order valence-corrected chi connectivity index (χ2v) is 7.07.